The van der Waals surface area contributed by atoms with E-state index in [1.807, 2.05) is 19.1 Å². The zero-order chi connectivity index (χ0) is 13.8. The predicted octanol–water partition coefficient (Wildman–Crippen LogP) is 2.41. The van der Waals surface area contributed by atoms with Crippen molar-refractivity contribution < 1.29 is 9.53 Å². The first-order chi connectivity index (χ1) is 9.10. The van der Waals surface area contributed by atoms with Gasteiger partial charge in [-0.3, -0.25) is 4.79 Å². The molecular weight excluding hydrogens is 242 g/mol. The summed E-state index contributed by atoms with van der Waals surface area (Å²) in [6, 6.07) is 6.98. The zero-order valence-electron chi connectivity index (χ0n) is 10.9. The number of esters is 1. The molecule has 1 N–H and O–H groups in total. The molecule has 0 amide bonds. The third-order valence-electron chi connectivity index (χ3n) is 2.69. The van der Waals surface area contributed by atoms with Gasteiger partial charge in [-0.1, -0.05) is 6.07 Å². The van der Waals surface area contributed by atoms with Crippen LogP contribution in [0.1, 0.15) is 18.2 Å². The van der Waals surface area contributed by atoms with Crippen molar-refractivity contribution in [2.24, 2.45) is 0 Å². The summed E-state index contributed by atoms with van der Waals surface area (Å²) >= 11 is 0. The fraction of sp³-hybridized carbons (Fsp3) is 0.200. The lowest BCUT2D eigenvalue weighted by atomic mass is 10.1. The first-order valence-corrected chi connectivity index (χ1v) is 6.08. The molecule has 0 radical (unpaired) electrons. The second-order valence-corrected chi connectivity index (χ2v) is 4.21. The monoisotopic (exact) mass is 257 g/mol. The maximum atomic E-state index is 11.9. The van der Waals surface area contributed by atoms with Crippen molar-refractivity contribution in [1.29, 1.82) is 0 Å². The molecule has 0 atom stereocenters. The van der Waals surface area contributed by atoms with Crippen molar-refractivity contribution >= 4 is 22.9 Å². The molecule has 2 aromatic rings. The summed E-state index contributed by atoms with van der Waals surface area (Å²) in [5.74, 6) is -0.389. The second kappa shape index (κ2) is 5.52. The summed E-state index contributed by atoms with van der Waals surface area (Å²) in [4.78, 5) is 26.2. The summed E-state index contributed by atoms with van der Waals surface area (Å²) in [7, 11) is 0. The largest absolute Gasteiger partial charge is 0.463 e. The average molecular weight is 257 g/mol. The number of nitrogens with one attached hydrogen (secondary N) is 1. The zero-order valence-corrected chi connectivity index (χ0v) is 10.9. The first-order valence-electron chi connectivity index (χ1n) is 6.08. The van der Waals surface area contributed by atoms with Crippen LogP contribution in [0.15, 0.2) is 35.1 Å². The van der Waals surface area contributed by atoms with E-state index in [1.165, 1.54) is 6.08 Å². The van der Waals surface area contributed by atoms with Gasteiger partial charge in [0.15, 0.2) is 5.43 Å². The lowest BCUT2D eigenvalue weighted by Crippen LogP contribution is -2.03. The first kappa shape index (κ1) is 13.1. The maximum absolute atomic E-state index is 11.9. The Morgan fingerprint density at radius 3 is 2.89 bits per heavy atom. The summed E-state index contributed by atoms with van der Waals surface area (Å²) in [5, 5.41) is 0.608. The van der Waals surface area contributed by atoms with Crippen LogP contribution in [-0.2, 0) is 9.53 Å². The van der Waals surface area contributed by atoms with Crippen molar-refractivity contribution in [2.75, 3.05) is 6.61 Å². The molecule has 1 heterocycles. The van der Waals surface area contributed by atoms with Crippen molar-refractivity contribution in [3.63, 3.8) is 0 Å². The number of ether oxygens (including phenoxy) is 1. The van der Waals surface area contributed by atoms with Crippen LogP contribution in [0.4, 0.5) is 0 Å². The van der Waals surface area contributed by atoms with Gasteiger partial charge >= 0.3 is 5.97 Å². The molecule has 0 fully saturated rings. The Hall–Kier alpha value is -2.36. The van der Waals surface area contributed by atoms with Crippen LogP contribution in [0.5, 0.6) is 0 Å². The number of hydrogen-bond acceptors (Lipinski definition) is 3. The Bertz CT molecular complexity index is 698. The number of aromatic amines is 1. The van der Waals surface area contributed by atoms with E-state index in [0.717, 1.165) is 16.8 Å². The Labute approximate surface area is 110 Å². The van der Waals surface area contributed by atoms with Gasteiger partial charge in [-0.05, 0) is 37.6 Å². The molecule has 4 heteroatoms. The van der Waals surface area contributed by atoms with Crippen molar-refractivity contribution in [2.45, 2.75) is 13.8 Å². The molecule has 0 bridgehead atoms. The second-order valence-electron chi connectivity index (χ2n) is 4.21. The van der Waals surface area contributed by atoms with Crippen LogP contribution in [-0.4, -0.2) is 17.6 Å². The molecule has 98 valence electrons. The number of benzene rings is 1. The third-order valence-corrected chi connectivity index (χ3v) is 2.69. The van der Waals surface area contributed by atoms with E-state index in [1.54, 1.807) is 25.1 Å². The summed E-state index contributed by atoms with van der Waals surface area (Å²) in [5.41, 5.74) is 2.37. The summed E-state index contributed by atoms with van der Waals surface area (Å²) in [6.45, 7) is 3.94. The molecule has 4 nitrogen and oxygen atoms in total. The number of rotatable bonds is 3. The molecule has 0 unspecified atom stereocenters. The highest BCUT2D eigenvalue weighted by Crippen LogP contribution is 2.12. The topological polar surface area (TPSA) is 59.2 Å². The van der Waals surface area contributed by atoms with Gasteiger partial charge in [0.25, 0.3) is 0 Å². The quantitative estimate of drug-likeness (QED) is 0.678. The van der Waals surface area contributed by atoms with E-state index in [4.69, 9.17) is 4.74 Å². The van der Waals surface area contributed by atoms with Crippen molar-refractivity contribution in [3.8, 4) is 0 Å². The van der Waals surface area contributed by atoms with E-state index in [9.17, 15) is 9.59 Å². The molecule has 1 aromatic carbocycles. The van der Waals surface area contributed by atoms with Crippen LogP contribution in [0.3, 0.4) is 0 Å². The van der Waals surface area contributed by atoms with E-state index < -0.39 is 0 Å². The molecule has 0 aliphatic heterocycles. The van der Waals surface area contributed by atoms with E-state index in [0.29, 0.717) is 12.0 Å². The highest BCUT2D eigenvalue weighted by molar-refractivity contribution is 5.88. The summed E-state index contributed by atoms with van der Waals surface area (Å²) < 4.78 is 4.80. The van der Waals surface area contributed by atoms with Gasteiger partial charge in [-0.2, -0.15) is 0 Å². The number of fused-ring (bicyclic) bond motifs is 1. The Kier molecular flexibility index (Phi) is 3.80. The fourth-order valence-electron chi connectivity index (χ4n) is 1.86. The molecule has 19 heavy (non-hydrogen) atoms. The summed E-state index contributed by atoms with van der Waals surface area (Å²) in [6.07, 6.45) is 2.99. The van der Waals surface area contributed by atoms with Crippen LogP contribution in [0.25, 0.3) is 17.0 Å². The van der Waals surface area contributed by atoms with Gasteiger partial charge < -0.3 is 9.72 Å². The van der Waals surface area contributed by atoms with Crippen LogP contribution in [0, 0.1) is 6.92 Å². The van der Waals surface area contributed by atoms with Gasteiger partial charge in [0, 0.05) is 28.7 Å². The number of pyridine rings is 1. The Morgan fingerprint density at radius 2 is 2.16 bits per heavy atom. The minimum Gasteiger partial charge on any atom is -0.463 e. The predicted molar refractivity (Wildman–Crippen MR) is 75.0 cm³/mol. The van der Waals surface area contributed by atoms with Gasteiger partial charge in [0.1, 0.15) is 0 Å². The van der Waals surface area contributed by atoms with E-state index in [-0.39, 0.29) is 11.4 Å². The molecule has 0 spiro atoms. The normalized spacial score (nSPS) is 11.1. The Morgan fingerprint density at radius 1 is 1.37 bits per heavy atom. The minimum atomic E-state index is -0.389. The molecule has 2 rings (SSSR count). The van der Waals surface area contributed by atoms with Crippen LogP contribution < -0.4 is 5.43 Å². The molecule has 0 saturated heterocycles. The van der Waals surface area contributed by atoms with Gasteiger partial charge in [-0.25, -0.2) is 4.79 Å². The number of hydrogen-bond donors (Lipinski definition) is 1. The molecular formula is C15H15NO3. The molecule has 0 aliphatic carbocycles. The highest BCUT2D eigenvalue weighted by atomic mass is 16.5. The number of aromatic nitrogens is 1. The number of H-pyrrole nitrogens is 1. The standard InChI is InChI=1S/C15H15NO3/c1-3-19-15(18)7-5-11-4-6-13-12(9-11)14(17)8-10(2)16-13/h4-9H,3H2,1-2H3,(H,16,17). The number of carbonyl (C=O) groups excluding carboxylic acids is 1. The van der Waals surface area contributed by atoms with Gasteiger partial charge in [0.05, 0.1) is 6.61 Å². The number of carbonyl (C=O) groups is 1. The van der Waals surface area contributed by atoms with Gasteiger partial charge in [0.2, 0.25) is 0 Å². The molecule has 0 aliphatic rings. The van der Waals surface area contributed by atoms with Gasteiger partial charge in [-0.15, -0.1) is 0 Å². The SMILES string of the molecule is CCOC(=O)C=Cc1ccc2[nH]c(C)cc(=O)c2c1. The van der Waals surface area contributed by atoms with Crippen LogP contribution >= 0.6 is 0 Å². The van der Waals surface area contributed by atoms with E-state index in [2.05, 4.69) is 4.98 Å². The lowest BCUT2D eigenvalue weighted by molar-refractivity contribution is -0.137. The number of aryl methyl sites for hydroxylation is 1. The minimum absolute atomic E-state index is 0.0300. The average Bonchev–Trinajstić information content (AvgIpc) is 2.37. The molecule has 0 saturated carbocycles. The van der Waals surface area contributed by atoms with Crippen molar-refractivity contribution in [3.05, 3.63) is 51.8 Å². The lowest BCUT2D eigenvalue weighted by Gasteiger charge is -2.01. The third kappa shape index (κ3) is 3.10. The smallest absolute Gasteiger partial charge is 0.330 e. The maximum Gasteiger partial charge on any atom is 0.330 e. The highest BCUT2D eigenvalue weighted by Gasteiger charge is 2.01. The Balaban J connectivity index is 2.37. The fourth-order valence-corrected chi connectivity index (χ4v) is 1.86. The van der Waals surface area contributed by atoms with E-state index >= 15 is 0 Å². The van der Waals surface area contributed by atoms with Crippen LogP contribution in [0.2, 0.25) is 0 Å². The van der Waals surface area contributed by atoms with Crippen molar-refractivity contribution in [1.82, 2.24) is 4.98 Å². The molecule has 1 aromatic heterocycles.